The summed E-state index contributed by atoms with van der Waals surface area (Å²) in [6, 6.07) is 11.7. The molecule has 0 radical (unpaired) electrons. The number of sulfone groups is 1. The summed E-state index contributed by atoms with van der Waals surface area (Å²) in [5.41, 5.74) is 7.95. The van der Waals surface area contributed by atoms with E-state index in [0.717, 1.165) is 6.26 Å². The van der Waals surface area contributed by atoms with Crippen LogP contribution < -0.4 is 11.1 Å². The molecule has 188 valence electrons. The first-order valence-corrected chi connectivity index (χ1v) is 14.5. The van der Waals surface area contributed by atoms with E-state index in [1.165, 1.54) is 22.6 Å². The van der Waals surface area contributed by atoms with Crippen LogP contribution in [-0.4, -0.2) is 56.6 Å². The second-order valence-corrected chi connectivity index (χ2v) is 13.0. The number of nitrogens with zero attached hydrogens (tertiary/aromatic N) is 3. The predicted molar refractivity (Wildman–Crippen MR) is 136 cm³/mol. The number of fused-ring (bicyclic) bond motifs is 1. The largest absolute Gasteiger partial charge is 0.365 e. The molecule has 12 heteroatoms. The standard InChI is InChI=1S/C24H25N5O5S2/c1-15-10-19(36(33,34)18-6-8-29(9-7-18)35(2,31)32)12-20-22(15)27-14-21(24(26)30)23(20)28-17-5-3-4-16(11-17)13-25/h3-5,10-12,14,18H,6-9H2,1-2H3,(H2,26,30)(H,27,28). The Morgan fingerprint density at radius 2 is 1.86 bits per heavy atom. The zero-order chi connectivity index (χ0) is 26.3. The zero-order valence-corrected chi connectivity index (χ0v) is 21.4. The molecule has 2 heterocycles. The number of primary amides is 1. The van der Waals surface area contributed by atoms with E-state index >= 15 is 0 Å². The van der Waals surface area contributed by atoms with Crippen molar-refractivity contribution in [1.29, 1.82) is 5.26 Å². The molecular formula is C24H25N5O5S2. The first-order chi connectivity index (χ1) is 16.9. The Balaban J connectivity index is 1.82. The lowest BCUT2D eigenvalue weighted by Gasteiger charge is -2.30. The van der Waals surface area contributed by atoms with Crippen LogP contribution in [0.15, 0.2) is 47.5 Å². The van der Waals surface area contributed by atoms with Crippen LogP contribution in [0, 0.1) is 18.3 Å². The van der Waals surface area contributed by atoms with Gasteiger partial charge in [0.25, 0.3) is 5.91 Å². The first kappa shape index (κ1) is 25.6. The van der Waals surface area contributed by atoms with Gasteiger partial charge in [-0.1, -0.05) is 6.07 Å². The number of pyridine rings is 1. The van der Waals surface area contributed by atoms with Gasteiger partial charge in [-0.3, -0.25) is 9.78 Å². The molecule has 0 saturated carbocycles. The van der Waals surface area contributed by atoms with E-state index < -0.39 is 31.0 Å². The number of rotatable bonds is 6. The summed E-state index contributed by atoms with van der Waals surface area (Å²) in [6.07, 6.45) is 2.80. The fourth-order valence-corrected chi connectivity index (χ4v) is 7.12. The van der Waals surface area contributed by atoms with Crippen LogP contribution in [0.1, 0.15) is 34.3 Å². The topological polar surface area (TPSA) is 163 Å². The highest BCUT2D eigenvalue weighted by Gasteiger charge is 2.34. The monoisotopic (exact) mass is 527 g/mol. The summed E-state index contributed by atoms with van der Waals surface area (Å²) < 4.78 is 52.1. The number of aromatic nitrogens is 1. The molecule has 3 N–H and O–H groups in total. The van der Waals surface area contributed by atoms with Gasteiger partial charge in [-0.2, -0.15) is 5.26 Å². The van der Waals surface area contributed by atoms with Crippen LogP contribution in [0.2, 0.25) is 0 Å². The molecule has 0 unspecified atom stereocenters. The number of nitrogens with two attached hydrogens (primary N) is 1. The van der Waals surface area contributed by atoms with Crippen molar-refractivity contribution < 1.29 is 21.6 Å². The third kappa shape index (κ3) is 4.90. The smallest absolute Gasteiger partial charge is 0.252 e. The van der Waals surface area contributed by atoms with Crippen molar-refractivity contribution in [3.8, 4) is 6.07 Å². The molecule has 4 rings (SSSR count). The van der Waals surface area contributed by atoms with E-state index in [1.54, 1.807) is 31.2 Å². The number of piperidine rings is 1. The number of nitrogens with one attached hydrogen (secondary N) is 1. The van der Waals surface area contributed by atoms with Gasteiger partial charge in [0.15, 0.2) is 9.84 Å². The molecular weight excluding hydrogens is 502 g/mol. The van der Waals surface area contributed by atoms with Crippen LogP contribution in [0.4, 0.5) is 11.4 Å². The van der Waals surface area contributed by atoms with Crippen LogP contribution in [0.25, 0.3) is 10.9 Å². The minimum Gasteiger partial charge on any atom is -0.365 e. The summed E-state index contributed by atoms with van der Waals surface area (Å²) in [5, 5.41) is 12.0. The summed E-state index contributed by atoms with van der Waals surface area (Å²) >= 11 is 0. The Bertz CT molecular complexity index is 1620. The third-order valence-corrected chi connectivity index (χ3v) is 9.84. The number of hydrogen-bond acceptors (Lipinski definition) is 8. The number of sulfonamides is 1. The number of benzene rings is 2. The molecule has 1 saturated heterocycles. The highest BCUT2D eigenvalue weighted by molar-refractivity contribution is 7.92. The van der Waals surface area contributed by atoms with E-state index in [2.05, 4.69) is 16.4 Å². The highest BCUT2D eigenvalue weighted by Crippen LogP contribution is 2.35. The Labute approximate surface area is 209 Å². The number of hydrogen-bond donors (Lipinski definition) is 2. The first-order valence-electron chi connectivity index (χ1n) is 11.1. The lowest BCUT2D eigenvalue weighted by Crippen LogP contribution is -2.42. The van der Waals surface area contributed by atoms with Crippen LogP contribution in [0.3, 0.4) is 0 Å². The van der Waals surface area contributed by atoms with Crippen molar-refractivity contribution in [2.75, 3.05) is 24.7 Å². The molecule has 36 heavy (non-hydrogen) atoms. The van der Waals surface area contributed by atoms with Gasteiger partial charge in [0.05, 0.1) is 44.8 Å². The normalized spacial score (nSPS) is 15.5. The van der Waals surface area contributed by atoms with Gasteiger partial charge in [-0.05, 0) is 55.7 Å². The SMILES string of the molecule is Cc1cc(S(=O)(=O)C2CCN(S(C)(=O)=O)CC2)cc2c(Nc3cccc(C#N)c3)c(C(N)=O)cnc12. The molecule has 1 aliphatic rings. The average molecular weight is 528 g/mol. The number of carbonyl (C=O) groups is 1. The molecule has 1 aromatic heterocycles. The Morgan fingerprint density at radius 3 is 2.47 bits per heavy atom. The van der Waals surface area contributed by atoms with E-state index in [9.17, 15) is 26.9 Å². The minimum atomic E-state index is -3.81. The van der Waals surface area contributed by atoms with Gasteiger partial charge in [-0.15, -0.1) is 0 Å². The summed E-state index contributed by atoms with van der Waals surface area (Å²) in [6.45, 7) is 1.99. The maximum Gasteiger partial charge on any atom is 0.252 e. The third-order valence-electron chi connectivity index (χ3n) is 6.30. The van der Waals surface area contributed by atoms with E-state index in [-0.39, 0.29) is 42.1 Å². The predicted octanol–water partition coefficient (Wildman–Crippen LogP) is 2.46. The second-order valence-electron chi connectivity index (χ2n) is 8.77. The lowest BCUT2D eigenvalue weighted by atomic mass is 10.0. The van der Waals surface area contributed by atoms with Crippen LogP contribution in [-0.2, 0) is 19.9 Å². The fourth-order valence-electron chi connectivity index (χ4n) is 4.41. The quantitative estimate of drug-likeness (QED) is 0.494. The summed E-state index contributed by atoms with van der Waals surface area (Å²) in [4.78, 5) is 16.6. The van der Waals surface area contributed by atoms with Gasteiger partial charge >= 0.3 is 0 Å². The van der Waals surface area contributed by atoms with Crippen molar-refractivity contribution in [2.24, 2.45) is 5.73 Å². The number of amides is 1. The van der Waals surface area contributed by atoms with Crippen molar-refractivity contribution in [1.82, 2.24) is 9.29 Å². The van der Waals surface area contributed by atoms with Crippen molar-refractivity contribution >= 4 is 48.0 Å². The highest BCUT2D eigenvalue weighted by atomic mass is 32.2. The number of aryl methyl sites for hydroxylation is 1. The average Bonchev–Trinajstić information content (AvgIpc) is 2.83. The molecule has 0 atom stereocenters. The van der Waals surface area contributed by atoms with Crippen molar-refractivity contribution in [2.45, 2.75) is 29.9 Å². The fraction of sp³-hybridized carbons (Fsp3) is 0.292. The zero-order valence-electron chi connectivity index (χ0n) is 19.7. The number of anilines is 2. The molecule has 3 aromatic rings. The van der Waals surface area contributed by atoms with Gasteiger partial charge in [0.1, 0.15) is 0 Å². The number of nitriles is 1. The van der Waals surface area contributed by atoms with E-state index in [4.69, 9.17) is 5.73 Å². The molecule has 0 spiro atoms. The van der Waals surface area contributed by atoms with Crippen molar-refractivity contribution in [3.63, 3.8) is 0 Å². The molecule has 0 aliphatic carbocycles. The summed E-state index contributed by atoms with van der Waals surface area (Å²) in [7, 11) is -7.20. The maximum absolute atomic E-state index is 13.6. The van der Waals surface area contributed by atoms with Crippen LogP contribution in [0.5, 0.6) is 0 Å². The molecule has 2 aromatic carbocycles. The van der Waals surface area contributed by atoms with Crippen molar-refractivity contribution in [3.05, 3.63) is 59.3 Å². The van der Waals surface area contributed by atoms with Crippen LogP contribution >= 0.6 is 0 Å². The van der Waals surface area contributed by atoms with Gasteiger partial charge in [0, 0.05) is 30.4 Å². The Kier molecular flexibility index (Phi) is 6.74. The van der Waals surface area contributed by atoms with Gasteiger partial charge in [0.2, 0.25) is 10.0 Å². The lowest BCUT2D eigenvalue weighted by molar-refractivity contribution is 0.100. The van der Waals surface area contributed by atoms with E-state index in [1.807, 2.05) is 0 Å². The minimum absolute atomic E-state index is 0.0579. The van der Waals surface area contributed by atoms with Gasteiger partial charge < -0.3 is 11.1 Å². The van der Waals surface area contributed by atoms with E-state index in [0.29, 0.717) is 27.7 Å². The molecule has 10 nitrogen and oxygen atoms in total. The maximum atomic E-state index is 13.6. The number of carbonyl (C=O) groups excluding carboxylic acids is 1. The Morgan fingerprint density at radius 1 is 1.17 bits per heavy atom. The molecule has 1 fully saturated rings. The molecule has 1 amide bonds. The molecule has 0 bridgehead atoms. The summed E-state index contributed by atoms with van der Waals surface area (Å²) in [5.74, 6) is -0.748. The second kappa shape index (κ2) is 9.50. The van der Waals surface area contributed by atoms with Gasteiger partial charge in [-0.25, -0.2) is 21.1 Å². The molecule has 1 aliphatic heterocycles. The Hall–Kier alpha value is -3.53.